The van der Waals surface area contributed by atoms with Crippen LogP contribution in [0.15, 0.2) is 18.2 Å². The molecule has 1 saturated heterocycles. The van der Waals surface area contributed by atoms with Gasteiger partial charge in [-0.15, -0.1) is 0 Å². The Kier molecular flexibility index (Phi) is 2.07. The summed E-state index contributed by atoms with van der Waals surface area (Å²) in [5.74, 6) is -1.56. The van der Waals surface area contributed by atoms with Crippen molar-refractivity contribution in [2.75, 3.05) is 6.54 Å². The van der Waals surface area contributed by atoms with E-state index in [4.69, 9.17) is 0 Å². The van der Waals surface area contributed by atoms with Gasteiger partial charge in [-0.25, -0.2) is 8.78 Å². The molecule has 0 radical (unpaired) electrons. The zero-order valence-electron chi connectivity index (χ0n) is 8.27. The van der Waals surface area contributed by atoms with Crippen molar-refractivity contribution < 1.29 is 8.78 Å². The van der Waals surface area contributed by atoms with Gasteiger partial charge in [-0.2, -0.15) is 0 Å². The second-order valence-corrected chi connectivity index (χ2v) is 4.48. The molecule has 1 fully saturated rings. The van der Waals surface area contributed by atoms with Gasteiger partial charge < -0.3 is 5.32 Å². The number of benzene rings is 1. The van der Waals surface area contributed by atoms with Crippen LogP contribution in [-0.4, -0.2) is 6.54 Å². The van der Waals surface area contributed by atoms with Crippen molar-refractivity contribution in [1.82, 2.24) is 5.32 Å². The van der Waals surface area contributed by atoms with E-state index < -0.39 is 11.6 Å². The summed E-state index contributed by atoms with van der Waals surface area (Å²) in [7, 11) is 0. The van der Waals surface area contributed by atoms with E-state index in [2.05, 4.69) is 19.2 Å². The molecule has 1 aromatic rings. The molecule has 1 aromatic carbocycles. The second-order valence-electron chi connectivity index (χ2n) is 4.48. The molecule has 1 nitrogen and oxygen atoms in total. The van der Waals surface area contributed by atoms with Gasteiger partial charge in [-0.1, -0.05) is 19.9 Å². The van der Waals surface area contributed by atoms with Crippen molar-refractivity contribution in [3.63, 3.8) is 0 Å². The van der Waals surface area contributed by atoms with Crippen LogP contribution in [0.1, 0.15) is 25.5 Å². The molecule has 1 aliphatic rings. The van der Waals surface area contributed by atoms with Crippen LogP contribution in [0, 0.1) is 17.0 Å². The molecule has 0 aromatic heterocycles. The second kappa shape index (κ2) is 3.02. The zero-order chi connectivity index (χ0) is 10.3. The van der Waals surface area contributed by atoms with E-state index in [1.165, 1.54) is 12.1 Å². The predicted molar refractivity (Wildman–Crippen MR) is 50.9 cm³/mol. The van der Waals surface area contributed by atoms with Crippen LogP contribution in [0.4, 0.5) is 8.78 Å². The van der Waals surface area contributed by atoms with Crippen molar-refractivity contribution in [2.24, 2.45) is 5.41 Å². The van der Waals surface area contributed by atoms with Gasteiger partial charge in [0, 0.05) is 12.6 Å². The van der Waals surface area contributed by atoms with Gasteiger partial charge in [-0.3, -0.25) is 0 Å². The highest BCUT2D eigenvalue weighted by molar-refractivity contribution is 5.25. The van der Waals surface area contributed by atoms with Gasteiger partial charge in [0.25, 0.3) is 0 Å². The topological polar surface area (TPSA) is 12.0 Å². The Bertz CT molecular complexity index is 360. The minimum Gasteiger partial charge on any atom is -0.309 e. The van der Waals surface area contributed by atoms with E-state index >= 15 is 0 Å². The first-order valence-electron chi connectivity index (χ1n) is 4.69. The molecule has 3 heteroatoms. The Balaban J connectivity index is 2.30. The summed E-state index contributed by atoms with van der Waals surface area (Å²) in [6.07, 6.45) is 0. The van der Waals surface area contributed by atoms with Crippen LogP contribution < -0.4 is 5.32 Å². The van der Waals surface area contributed by atoms with Crippen LogP contribution in [0.2, 0.25) is 0 Å². The van der Waals surface area contributed by atoms with Gasteiger partial charge in [0.05, 0.1) is 0 Å². The van der Waals surface area contributed by atoms with Gasteiger partial charge in [0.2, 0.25) is 0 Å². The van der Waals surface area contributed by atoms with Crippen LogP contribution >= 0.6 is 0 Å². The molecule has 0 aliphatic carbocycles. The third kappa shape index (κ3) is 1.42. The van der Waals surface area contributed by atoms with Gasteiger partial charge >= 0.3 is 0 Å². The number of halogens is 2. The first-order valence-corrected chi connectivity index (χ1v) is 4.69. The normalized spacial score (nSPS) is 24.4. The fourth-order valence-corrected chi connectivity index (χ4v) is 1.87. The zero-order valence-corrected chi connectivity index (χ0v) is 8.27. The Labute approximate surface area is 82.1 Å². The van der Waals surface area contributed by atoms with Crippen molar-refractivity contribution in [3.8, 4) is 0 Å². The maximum absolute atomic E-state index is 12.9. The molecule has 0 saturated carbocycles. The fraction of sp³-hybridized carbons (Fsp3) is 0.455. The summed E-state index contributed by atoms with van der Waals surface area (Å²) in [5.41, 5.74) is 0.949. The molecule has 1 N–H and O–H groups in total. The maximum atomic E-state index is 12.9. The van der Waals surface area contributed by atoms with Gasteiger partial charge in [0.15, 0.2) is 11.6 Å². The Morgan fingerprint density at radius 1 is 1.29 bits per heavy atom. The van der Waals surface area contributed by atoms with E-state index in [-0.39, 0.29) is 11.5 Å². The largest absolute Gasteiger partial charge is 0.309 e. The van der Waals surface area contributed by atoms with E-state index in [0.29, 0.717) is 0 Å². The van der Waals surface area contributed by atoms with Crippen LogP contribution in [0.25, 0.3) is 0 Å². The van der Waals surface area contributed by atoms with E-state index in [1.54, 1.807) is 6.07 Å². The standard InChI is InChI=1S/C11H13F2N/c1-11(2)6-14-10(11)7-3-4-8(12)9(13)5-7/h3-5,10,14H,6H2,1-2H3. The Morgan fingerprint density at radius 3 is 2.43 bits per heavy atom. The highest BCUT2D eigenvalue weighted by atomic mass is 19.2. The number of hydrogen-bond donors (Lipinski definition) is 1. The fourth-order valence-electron chi connectivity index (χ4n) is 1.87. The number of rotatable bonds is 1. The molecule has 1 aliphatic heterocycles. The molecule has 1 heterocycles. The van der Waals surface area contributed by atoms with Crippen molar-refractivity contribution in [2.45, 2.75) is 19.9 Å². The highest BCUT2D eigenvalue weighted by Gasteiger charge is 2.39. The van der Waals surface area contributed by atoms with Crippen molar-refractivity contribution >= 4 is 0 Å². The van der Waals surface area contributed by atoms with Gasteiger partial charge in [-0.05, 0) is 23.1 Å². The lowest BCUT2D eigenvalue weighted by molar-refractivity contribution is 0.128. The summed E-state index contributed by atoms with van der Waals surface area (Å²) >= 11 is 0. The van der Waals surface area contributed by atoms with Crippen LogP contribution in [0.5, 0.6) is 0 Å². The lowest BCUT2D eigenvalue weighted by Gasteiger charge is -2.46. The van der Waals surface area contributed by atoms with Crippen molar-refractivity contribution in [1.29, 1.82) is 0 Å². The quantitative estimate of drug-likeness (QED) is 0.729. The molecule has 1 atom stereocenters. The van der Waals surface area contributed by atoms with Crippen LogP contribution in [0.3, 0.4) is 0 Å². The minimum absolute atomic E-state index is 0.129. The Morgan fingerprint density at radius 2 is 2.00 bits per heavy atom. The molecular weight excluding hydrogens is 184 g/mol. The third-order valence-corrected chi connectivity index (χ3v) is 2.82. The molecule has 0 amide bonds. The molecule has 0 spiro atoms. The maximum Gasteiger partial charge on any atom is 0.159 e. The summed E-state index contributed by atoms with van der Waals surface area (Å²) in [5, 5.41) is 3.21. The predicted octanol–water partition coefficient (Wildman–Crippen LogP) is 2.64. The summed E-state index contributed by atoms with van der Waals surface area (Å²) < 4.78 is 25.6. The molecule has 0 bridgehead atoms. The third-order valence-electron chi connectivity index (χ3n) is 2.82. The van der Waals surface area contributed by atoms with E-state index in [0.717, 1.165) is 12.1 Å². The molecular formula is C11H13F2N. The molecule has 1 unspecified atom stereocenters. The van der Waals surface area contributed by atoms with Crippen molar-refractivity contribution in [3.05, 3.63) is 35.4 Å². The van der Waals surface area contributed by atoms with Crippen LogP contribution in [-0.2, 0) is 0 Å². The highest BCUT2D eigenvalue weighted by Crippen LogP contribution is 2.40. The Hall–Kier alpha value is -0.960. The first kappa shape index (κ1) is 9.59. The van der Waals surface area contributed by atoms with E-state index in [1.807, 2.05) is 0 Å². The van der Waals surface area contributed by atoms with E-state index in [9.17, 15) is 8.78 Å². The summed E-state index contributed by atoms with van der Waals surface area (Å²) in [4.78, 5) is 0. The minimum atomic E-state index is -0.786. The number of nitrogens with one attached hydrogen (secondary N) is 1. The molecule has 2 rings (SSSR count). The molecule has 14 heavy (non-hydrogen) atoms. The monoisotopic (exact) mass is 197 g/mol. The average molecular weight is 197 g/mol. The summed E-state index contributed by atoms with van der Waals surface area (Å²) in [6.45, 7) is 5.13. The number of hydrogen-bond acceptors (Lipinski definition) is 1. The lowest BCUT2D eigenvalue weighted by Crippen LogP contribution is -2.52. The summed E-state index contributed by atoms with van der Waals surface area (Å²) in [6, 6.07) is 4.23. The smallest absolute Gasteiger partial charge is 0.159 e. The SMILES string of the molecule is CC1(C)CNC1c1ccc(F)c(F)c1. The first-order chi connectivity index (χ1) is 6.50. The lowest BCUT2D eigenvalue weighted by atomic mass is 9.74. The molecule has 76 valence electrons. The average Bonchev–Trinajstić information content (AvgIpc) is 2.10. The van der Waals surface area contributed by atoms with Gasteiger partial charge in [0.1, 0.15) is 0 Å².